The molecule has 41 heavy (non-hydrogen) atoms. The van der Waals surface area contributed by atoms with Crippen LogP contribution in [0.25, 0.3) is 11.3 Å². The fourth-order valence-electron chi connectivity index (χ4n) is 4.08. The molecule has 0 bridgehead atoms. The van der Waals surface area contributed by atoms with Crippen molar-refractivity contribution in [3.8, 4) is 11.3 Å². The second-order valence-electron chi connectivity index (χ2n) is 11.9. The van der Waals surface area contributed by atoms with Gasteiger partial charge in [0.15, 0.2) is 0 Å². The predicted molar refractivity (Wildman–Crippen MR) is 159 cm³/mol. The Balaban J connectivity index is 1.80. The number of nitrogens with one attached hydrogen (secondary N) is 2. The Hall–Kier alpha value is -3.95. The number of carbonyl (C=O) groups is 2. The van der Waals surface area contributed by atoms with Gasteiger partial charge in [-0.2, -0.15) is 0 Å². The van der Waals surface area contributed by atoms with E-state index < -0.39 is 35.5 Å². The number of amides is 2. The third kappa shape index (κ3) is 11.6. The van der Waals surface area contributed by atoms with Gasteiger partial charge < -0.3 is 19.9 Å². The minimum Gasteiger partial charge on any atom is -0.444 e. The van der Waals surface area contributed by atoms with Crippen molar-refractivity contribution >= 4 is 12.2 Å². The molecule has 220 valence electrons. The molecule has 0 fully saturated rings. The zero-order chi connectivity index (χ0) is 30.0. The largest absolute Gasteiger partial charge is 0.444 e. The van der Waals surface area contributed by atoms with Gasteiger partial charge in [0.1, 0.15) is 11.2 Å². The van der Waals surface area contributed by atoms with Gasteiger partial charge in [-0.25, -0.2) is 14.6 Å². The molecular weight excluding hydrogens is 520 g/mol. The van der Waals surface area contributed by atoms with Gasteiger partial charge in [0.25, 0.3) is 0 Å². The number of hydrogen-bond acceptors (Lipinski definition) is 7. The third-order valence-corrected chi connectivity index (χ3v) is 5.81. The molecule has 3 aromatic rings. The molecule has 0 spiro atoms. The quantitative estimate of drug-likeness (QED) is 0.280. The lowest BCUT2D eigenvalue weighted by Crippen LogP contribution is -2.54. The summed E-state index contributed by atoms with van der Waals surface area (Å²) in [7, 11) is 0. The van der Waals surface area contributed by atoms with Gasteiger partial charge in [0, 0.05) is 24.8 Å². The summed E-state index contributed by atoms with van der Waals surface area (Å²) in [5.41, 5.74) is 5.02. The number of pyridine rings is 1. The molecule has 0 aliphatic carbocycles. The number of rotatable bonds is 10. The van der Waals surface area contributed by atoms with Gasteiger partial charge in [-0.3, -0.25) is 10.4 Å². The Morgan fingerprint density at radius 1 is 0.829 bits per heavy atom. The molecule has 0 unspecified atom stereocenters. The first kappa shape index (κ1) is 31.6. The smallest absolute Gasteiger partial charge is 0.422 e. The van der Waals surface area contributed by atoms with Crippen LogP contribution >= 0.6 is 0 Å². The molecule has 3 N–H and O–H groups in total. The van der Waals surface area contributed by atoms with E-state index in [1.807, 2.05) is 72.8 Å². The topological polar surface area (TPSA) is 113 Å². The molecule has 1 aromatic heterocycles. The van der Waals surface area contributed by atoms with Crippen LogP contribution in [-0.2, 0) is 22.4 Å². The Morgan fingerprint density at radius 2 is 1.44 bits per heavy atom. The molecule has 0 saturated heterocycles. The summed E-state index contributed by atoms with van der Waals surface area (Å²) < 4.78 is 10.9. The summed E-state index contributed by atoms with van der Waals surface area (Å²) in [6, 6.07) is 22.4. The number of benzene rings is 2. The monoisotopic (exact) mass is 562 g/mol. The number of hydrazine groups is 1. The fourth-order valence-corrected chi connectivity index (χ4v) is 4.08. The third-order valence-electron chi connectivity index (χ3n) is 5.81. The molecule has 1 heterocycles. The molecule has 2 amide bonds. The molecule has 9 heteroatoms. The maximum atomic E-state index is 12.7. The number of hydrogen-bond donors (Lipinski definition) is 3. The molecule has 0 aliphatic rings. The predicted octanol–water partition coefficient (Wildman–Crippen LogP) is 5.49. The fraction of sp³-hybridized carbons (Fsp3) is 0.406. The normalized spacial score (nSPS) is 13.3. The highest BCUT2D eigenvalue weighted by Crippen LogP contribution is 2.18. The van der Waals surface area contributed by atoms with Crippen molar-refractivity contribution in [1.29, 1.82) is 0 Å². The van der Waals surface area contributed by atoms with Gasteiger partial charge in [-0.1, -0.05) is 60.7 Å². The second-order valence-corrected chi connectivity index (χ2v) is 11.9. The molecule has 9 nitrogen and oxygen atoms in total. The van der Waals surface area contributed by atoms with Crippen molar-refractivity contribution in [3.63, 3.8) is 0 Å². The van der Waals surface area contributed by atoms with Gasteiger partial charge in [0.05, 0.1) is 17.8 Å². The minimum atomic E-state index is -1.06. The first-order valence-electron chi connectivity index (χ1n) is 13.7. The second kappa shape index (κ2) is 14.1. The van der Waals surface area contributed by atoms with Crippen molar-refractivity contribution in [2.45, 2.75) is 77.9 Å². The molecule has 2 aromatic carbocycles. The van der Waals surface area contributed by atoms with Crippen LogP contribution in [-0.4, -0.2) is 57.2 Å². The van der Waals surface area contributed by atoms with Gasteiger partial charge in [-0.05, 0) is 71.2 Å². The molecule has 0 radical (unpaired) electrons. The van der Waals surface area contributed by atoms with Gasteiger partial charge in [0.2, 0.25) is 0 Å². The minimum absolute atomic E-state index is 0.00847. The highest BCUT2D eigenvalue weighted by Gasteiger charge is 2.28. The number of aliphatic hydroxyl groups is 1. The van der Waals surface area contributed by atoms with Crippen molar-refractivity contribution in [2.24, 2.45) is 0 Å². The van der Waals surface area contributed by atoms with E-state index >= 15 is 0 Å². The molecular formula is C32H42N4O5. The lowest BCUT2D eigenvalue weighted by Gasteiger charge is -2.31. The Labute approximate surface area is 242 Å². The molecule has 0 saturated carbocycles. The number of nitrogens with zero attached hydrogens (tertiary/aromatic N) is 2. The van der Waals surface area contributed by atoms with E-state index in [0.29, 0.717) is 6.42 Å². The summed E-state index contributed by atoms with van der Waals surface area (Å²) in [4.78, 5) is 29.8. The number of carbonyl (C=O) groups excluding carboxylic acids is 2. The Bertz CT molecular complexity index is 1240. The lowest BCUT2D eigenvalue weighted by atomic mass is 10.0. The molecule has 2 atom stereocenters. The zero-order valence-electron chi connectivity index (χ0n) is 24.8. The Kier molecular flexibility index (Phi) is 10.9. The van der Waals surface area contributed by atoms with Crippen molar-refractivity contribution in [2.75, 3.05) is 6.54 Å². The average Bonchev–Trinajstić information content (AvgIpc) is 2.87. The van der Waals surface area contributed by atoms with Crippen molar-refractivity contribution in [3.05, 3.63) is 90.1 Å². The zero-order valence-corrected chi connectivity index (χ0v) is 24.8. The highest BCUT2D eigenvalue weighted by atomic mass is 16.6. The van der Waals surface area contributed by atoms with Crippen LogP contribution in [0.3, 0.4) is 0 Å². The van der Waals surface area contributed by atoms with Gasteiger partial charge >= 0.3 is 12.2 Å². The standard InChI is InChI=1S/C32H42N4O5/c1-31(2,3)40-29(38)34-27(20-23-12-8-7-9-13-23)28(37)22-36(35-30(39)41-32(4,5)6)21-24-15-17-25(18-16-24)26-14-10-11-19-33-26/h7-19,27-28,37H,20-22H2,1-6H3,(H,34,38)(H,35,39)/t27-,28-/m0/s1. The number of ether oxygens (including phenoxy) is 2. The number of aliphatic hydroxyl groups excluding tert-OH is 1. The van der Waals surface area contributed by atoms with Crippen LogP contribution in [0.4, 0.5) is 9.59 Å². The van der Waals surface area contributed by atoms with E-state index in [1.54, 1.807) is 52.7 Å². The summed E-state index contributed by atoms with van der Waals surface area (Å²) in [5, 5.41) is 15.8. The van der Waals surface area contributed by atoms with Crippen LogP contribution in [0, 0.1) is 0 Å². The van der Waals surface area contributed by atoms with E-state index in [4.69, 9.17) is 9.47 Å². The van der Waals surface area contributed by atoms with E-state index in [1.165, 1.54) is 0 Å². The van der Waals surface area contributed by atoms with E-state index in [0.717, 1.165) is 22.4 Å². The maximum Gasteiger partial charge on any atom is 0.422 e. The van der Waals surface area contributed by atoms with Crippen LogP contribution in [0.2, 0.25) is 0 Å². The average molecular weight is 563 g/mol. The van der Waals surface area contributed by atoms with E-state index in [9.17, 15) is 14.7 Å². The SMILES string of the molecule is CC(C)(C)OC(=O)N[C@@H](Cc1ccccc1)[C@@H](O)CN(Cc1ccc(-c2ccccn2)cc1)NC(=O)OC(C)(C)C. The molecule has 3 rings (SSSR count). The van der Waals surface area contributed by atoms with Crippen LogP contribution < -0.4 is 10.7 Å². The number of alkyl carbamates (subject to hydrolysis) is 1. The summed E-state index contributed by atoms with van der Waals surface area (Å²) in [6.07, 6.45) is -0.233. The van der Waals surface area contributed by atoms with Crippen molar-refractivity contribution in [1.82, 2.24) is 20.7 Å². The Morgan fingerprint density at radius 3 is 2.02 bits per heavy atom. The first-order chi connectivity index (χ1) is 19.3. The van der Waals surface area contributed by atoms with Crippen molar-refractivity contribution < 1.29 is 24.2 Å². The van der Waals surface area contributed by atoms with E-state index in [-0.39, 0.29) is 13.1 Å². The van der Waals surface area contributed by atoms with Crippen LogP contribution in [0.1, 0.15) is 52.7 Å². The summed E-state index contributed by atoms with van der Waals surface area (Å²) in [5.74, 6) is 0. The summed E-state index contributed by atoms with van der Waals surface area (Å²) in [6.45, 7) is 11.0. The van der Waals surface area contributed by atoms with E-state index in [2.05, 4.69) is 15.7 Å². The van der Waals surface area contributed by atoms with Crippen LogP contribution in [0.15, 0.2) is 79.0 Å². The first-order valence-corrected chi connectivity index (χ1v) is 13.7. The maximum absolute atomic E-state index is 12.7. The van der Waals surface area contributed by atoms with Crippen LogP contribution in [0.5, 0.6) is 0 Å². The van der Waals surface area contributed by atoms with Gasteiger partial charge in [-0.15, -0.1) is 0 Å². The lowest BCUT2D eigenvalue weighted by molar-refractivity contribution is 0.0106. The number of aromatic nitrogens is 1. The summed E-state index contributed by atoms with van der Waals surface area (Å²) >= 11 is 0. The highest BCUT2D eigenvalue weighted by molar-refractivity contribution is 5.68. The molecule has 0 aliphatic heterocycles.